The Bertz CT molecular complexity index is 630. The summed E-state index contributed by atoms with van der Waals surface area (Å²) in [6.07, 6.45) is 1.60. The fraction of sp³-hybridized carbons (Fsp3) is 0.0769. The maximum Gasteiger partial charge on any atom is 0.132 e. The Morgan fingerprint density at radius 2 is 2.00 bits per heavy atom. The SMILES string of the molecule is N#Cc1cc(F)c(CNc2cccnc2Br)c(F)c1. The van der Waals surface area contributed by atoms with Gasteiger partial charge in [-0.25, -0.2) is 13.8 Å². The minimum absolute atomic E-state index is 0.0341. The van der Waals surface area contributed by atoms with Gasteiger partial charge >= 0.3 is 0 Å². The van der Waals surface area contributed by atoms with Crippen LogP contribution >= 0.6 is 15.9 Å². The van der Waals surface area contributed by atoms with E-state index in [9.17, 15) is 8.78 Å². The maximum atomic E-state index is 13.6. The van der Waals surface area contributed by atoms with Crippen molar-refractivity contribution in [2.45, 2.75) is 6.54 Å². The average molecular weight is 324 g/mol. The first-order chi connectivity index (χ1) is 9.11. The molecule has 2 aromatic rings. The van der Waals surface area contributed by atoms with Gasteiger partial charge in [-0.15, -0.1) is 0 Å². The zero-order valence-electron chi connectivity index (χ0n) is 9.62. The van der Waals surface area contributed by atoms with Gasteiger partial charge in [-0.2, -0.15) is 5.26 Å². The standard InChI is InChI=1S/C13H8BrF2N3/c14-13-12(2-1-3-18-13)19-7-9-10(15)4-8(6-17)5-11(9)16/h1-5,19H,7H2. The first-order valence-corrected chi connectivity index (χ1v) is 6.13. The Kier molecular flexibility index (Phi) is 4.07. The zero-order valence-corrected chi connectivity index (χ0v) is 11.2. The fourth-order valence-electron chi connectivity index (χ4n) is 1.54. The number of pyridine rings is 1. The lowest BCUT2D eigenvalue weighted by molar-refractivity contribution is 0.559. The highest BCUT2D eigenvalue weighted by Crippen LogP contribution is 2.21. The molecule has 0 aliphatic heterocycles. The van der Waals surface area contributed by atoms with Gasteiger partial charge in [0.15, 0.2) is 0 Å². The number of halogens is 3. The molecule has 1 aromatic heterocycles. The molecular formula is C13H8BrF2N3. The van der Waals surface area contributed by atoms with Crippen molar-refractivity contribution < 1.29 is 8.78 Å². The van der Waals surface area contributed by atoms with E-state index in [1.165, 1.54) is 0 Å². The Morgan fingerprint density at radius 3 is 2.58 bits per heavy atom. The fourth-order valence-corrected chi connectivity index (χ4v) is 1.93. The van der Waals surface area contributed by atoms with Gasteiger partial charge in [0, 0.05) is 18.3 Å². The van der Waals surface area contributed by atoms with Crippen molar-refractivity contribution >= 4 is 21.6 Å². The second-order valence-electron chi connectivity index (χ2n) is 3.73. The van der Waals surface area contributed by atoms with Crippen LogP contribution < -0.4 is 5.32 Å². The summed E-state index contributed by atoms with van der Waals surface area (Å²) in [5.41, 5.74) is 0.474. The molecule has 0 saturated heterocycles. The highest BCUT2D eigenvalue weighted by atomic mass is 79.9. The van der Waals surface area contributed by atoms with E-state index in [0.717, 1.165) is 12.1 Å². The number of nitrogens with one attached hydrogen (secondary N) is 1. The molecular weight excluding hydrogens is 316 g/mol. The molecule has 0 aliphatic carbocycles. The van der Waals surface area contributed by atoms with E-state index in [0.29, 0.717) is 10.3 Å². The van der Waals surface area contributed by atoms with Crippen LogP contribution in [0.2, 0.25) is 0 Å². The van der Waals surface area contributed by atoms with Crippen LogP contribution in [0.4, 0.5) is 14.5 Å². The molecule has 0 bridgehead atoms. The third kappa shape index (κ3) is 3.06. The number of anilines is 1. The summed E-state index contributed by atoms with van der Waals surface area (Å²) in [5.74, 6) is -1.49. The number of rotatable bonds is 3. The lowest BCUT2D eigenvalue weighted by Gasteiger charge is -2.09. The molecule has 0 amide bonds. The monoisotopic (exact) mass is 323 g/mol. The second-order valence-corrected chi connectivity index (χ2v) is 4.48. The molecule has 6 heteroatoms. The quantitative estimate of drug-likeness (QED) is 0.878. The second kappa shape index (κ2) is 5.76. The highest BCUT2D eigenvalue weighted by Gasteiger charge is 2.11. The normalized spacial score (nSPS) is 10.0. The van der Waals surface area contributed by atoms with E-state index in [1.807, 2.05) is 0 Å². The van der Waals surface area contributed by atoms with Gasteiger partial charge in [-0.3, -0.25) is 0 Å². The minimum atomic E-state index is -0.746. The van der Waals surface area contributed by atoms with E-state index in [-0.39, 0.29) is 17.7 Å². The molecule has 0 radical (unpaired) electrons. The van der Waals surface area contributed by atoms with E-state index in [4.69, 9.17) is 5.26 Å². The number of nitriles is 1. The number of nitrogens with zero attached hydrogens (tertiary/aromatic N) is 2. The molecule has 3 nitrogen and oxygen atoms in total. The van der Waals surface area contributed by atoms with Crippen LogP contribution in [0.5, 0.6) is 0 Å². The van der Waals surface area contributed by atoms with E-state index in [2.05, 4.69) is 26.2 Å². The van der Waals surface area contributed by atoms with Crippen LogP contribution in [0.15, 0.2) is 35.1 Å². The van der Waals surface area contributed by atoms with Crippen LogP contribution in [-0.2, 0) is 6.54 Å². The molecule has 1 aromatic carbocycles. The molecule has 0 atom stereocenters. The van der Waals surface area contributed by atoms with Crippen LogP contribution in [0.1, 0.15) is 11.1 Å². The van der Waals surface area contributed by atoms with Crippen molar-refractivity contribution in [3.8, 4) is 6.07 Å². The summed E-state index contributed by atoms with van der Waals surface area (Å²) in [6, 6.07) is 7.17. The van der Waals surface area contributed by atoms with Gasteiger partial charge in [0.1, 0.15) is 16.2 Å². The Labute approximate surface area is 117 Å². The zero-order chi connectivity index (χ0) is 13.8. The molecule has 0 fully saturated rings. The summed E-state index contributed by atoms with van der Waals surface area (Å²) in [5, 5.41) is 11.5. The lowest BCUT2D eigenvalue weighted by atomic mass is 10.1. The van der Waals surface area contributed by atoms with Crippen LogP contribution in [0, 0.1) is 23.0 Å². The molecule has 1 N–H and O–H groups in total. The first kappa shape index (κ1) is 13.4. The summed E-state index contributed by atoms with van der Waals surface area (Å²) >= 11 is 3.23. The van der Waals surface area contributed by atoms with Crippen molar-refractivity contribution in [2.24, 2.45) is 0 Å². The highest BCUT2D eigenvalue weighted by molar-refractivity contribution is 9.10. The van der Waals surface area contributed by atoms with Crippen molar-refractivity contribution in [1.29, 1.82) is 5.26 Å². The smallest absolute Gasteiger partial charge is 0.132 e. The Morgan fingerprint density at radius 1 is 1.32 bits per heavy atom. The summed E-state index contributed by atoms with van der Waals surface area (Å²) in [6.45, 7) is -0.0341. The molecule has 2 rings (SSSR count). The van der Waals surface area contributed by atoms with E-state index >= 15 is 0 Å². The number of benzene rings is 1. The van der Waals surface area contributed by atoms with E-state index < -0.39 is 11.6 Å². The Balaban J connectivity index is 2.21. The van der Waals surface area contributed by atoms with Crippen molar-refractivity contribution in [2.75, 3.05) is 5.32 Å². The largest absolute Gasteiger partial charge is 0.379 e. The molecule has 19 heavy (non-hydrogen) atoms. The van der Waals surface area contributed by atoms with E-state index in [1.54, 1.807) is 24.4 Å². The van der Waals surface area contributed by atoms with Gasteiger partial charge in [0.25, 0.3) is 0 Å². The van der Waals surface area contributed by atoms with Gasteiger partial charge in [-0.05, 0) is 40.2 Å². The Hall–Kier alpha value is -2.00. The lowest BCUT2D eigenvalue weighted by Crippen LogP contribution is -2.06. The molecule has 1 heterocycles. The van der Waals surface area contributed by atoms with Gasteiger partial charge < -0.3 is 5.32 Å². The average Bonchev–Trinajstić information content (AvgIpc) is 2.39. The van der Waals surface area contributed by atoms with Crippen molar-refractivity contribution in [1.82, 2.24) is 4.98 Å². The third-order valence-corrected chi connectivity index (χ3v) is 3.12. The predicted octanol–water partition coefficient (Wildman–Crippen LogP) is 3.61. The summed E-state index contributed by atoms with van der Waals surface area (Å²) in [4.78, 5) is 3.99. The number of aromatic nitrogens is 1. The van der Waals surface area contributed by atoms with Gasteiger partial charge in [0.05, 0.1) is 17.3 Å². The van der Waals surface area contributed by atoms with Crippen molar-refractivity contribution in [3.63, 3.8) is 0 Å². The minimum Gasteiger partial charge on any atom is -0.379 e. The van der Waals surface area contributed by atoms with Crippen LogP contribution in [0.25, 0.3) is 0 Å². The van der Waals surface area contributed by atoms with Crippen molar-refractivity contribution in [3.05, 3.63) is 57.8 Å². The third-order valence-electron chi connectivity index (χ3n) is 2.48. The van der Waals surface area contributed by atoms with Gasteiger partial charge in [-0.1, -0.05) is 0 Å². The molecule has 0 saturated carbocycles. The maximum absolute atomic E-state index is 13.6. The van der Waals surface area contributed by atoms with Crippen LogP contribution in [-0.4, -0.2) is 4.98 Å². The van der Waals surface area contributed by atoms with Crippen LogP contribution in [0.3, 0.4) is 0 Å². The topological polar surface area (TPSA) is 48.7 Å². The predicted molar refractivity (Wildman–Crippen MR) is 70.3 cm³/mol. The van der Waals surface area contributed by atoms with Gasteiger partial charge in [0.2, 0.25) is 0 Å². The summed E-state index contributed by atoms with van der Waals surface area (Å²) in [7, 11) is 0. The molecule has 0 unspecified atom stereocenters. The molecule has 0 spiro atoms. The number of hydrogen-bond acceptors (Lipinski definition) is 3. The number of hydrogen-bond donors (Lipinski definition) is 1. The molecule has 96 valence electrons. The molecule has 0 aliphatic rings. The summed E-state index contributed by atoms with van der Waals surface area (Å²) < 4.78 is 27.8. The first-order valence-electron chi connectivity index (χ1n) is 5.34.